The Balaban J connectivity index is 2.78. The molecule has 0 atom stereocenters. The Morgan fingerprint density at radius 3 is 3.08 bits per heavy atom. The maximum absolute atomic E-state index is 5.31. The second kappa shape index (κ2) is 2.93. The van der Waals surface area contributed by atoms with Gasteiger partial charge >= 0.3 is 0 Å². The Bertz CT molecular complexity index is 410. The van der Waals surface area contributed by atoms with E-state index in [0.29, 0.717) is 3.90 Å². The summed E-state index contributed by atoms with van der Waals surface area (Å²) in [7, 11) is 1.62. The van der Waals surface area contributed by atoms with Gasteiger partial charge in [0.2, 0.25) is 0 Å². The zero-order valence-corrected chi connectivity index (χ0v) is 8.53. The molecule has 1 aromatic heterocycles. The summed E-state index contributed by atoms with van der Waals surface area (Å²) in [6, 6.07) is 5.61. The summed E-state index contributed by atoms with van der Waals surface area (Å²) < 4.78 is 11.1. The molecule has 0 saturated heterocycles. The minimum atomic E-state index is 0.632. The normalized spacial score (nSPS) is 10.5. The van der Waals surface area contributed by atoms with E-state index in [1.165, 1.54) is 0 Å². The first kappa shape index (κ1) is 7.85. The molecule has 0 unspecified atom stereocenters. The van der Waals surface area contributed by atoms with Gasteiger partial charge in [0.15, 0.2) is 11.1 Å². The number of hydrogen-bond donors (Lipinski definition) is 0. The van der Waals surface area contributed by atoms with E-state index in [2.05, 4.69) is 4.98 Å². The van der Waals surface area contributed by atoms with Gasteiger partial charge in [0.05, 0.1) is 7.11 Å². The van der Waals surface area contributed by atoms with Crippen molar-refractivity contribution in [3.8, 4) is 5.75 Å². The van der Waals surface area contributed by atoms with Gasteiger partial charge in [-0.2, -0.15) is 0 Å². The Kier molecular flexibility index (Phi) is 1.92. The van der Waals surface area contributed by atoms with Crippen LogP contribution in [-0.2, 0) is 0 Å². The lowest BCUT2D eigenvalue weighted by Gasteiger charge is -1.96. The van der Waals surface area contributed by atoms with Crippen molar-refractivity contribution in [2.24, 2.45) is 0 Å². The molecule has 0 fully saturated rings. The van der Waals surface area contributed by atoms with Gasteiger partial charge in [-0.15, -0.1) is 0 Å². The molecule has 0 radical (unpaired) electrons. The van der Waals surface area contributed by atoms with Crippen LogP contribution in [0.5, 0.6) is 5.75 Å². The Labute approximate surface area is 82.9 Å². The lowest BCUT2D eigenvalue weighted by Crippen LogP contribution is -1.83. The predicted molar refractivity (Wildman–Crippen MR) is 53.3 cm³/mol. The quantitative estimate of drug-likeness (QED) is 0.750. The van der Waals surface area contributed by atoms with Gasteiger partial charge in [-0.05, 0) is 12.1 Å². The number of halogens is 1. The third kappa shape index (κ3) is 1.16. The van der Waals surface area contributed by atoms with E-state index in [0.717, 1.165) is 16.8 Å². The van der Waals surface area contributed by atoms with Crippen LogP contribution in [-0.4, -0.2) is 12.1 Å². The van der Waals surface area contributed by atoms with Gasteiger partial charge in [0, 0.05) is 22.6 Å². The largest absolute Gasteiger partial charge is 0.494 e. The van der Waals surface area contributed by atoms with Crippen LogP contribution in [0.15, 0.2) is 22.6 Å². The van der Waals surface area contributed by atoms with Crippen molar-refractivity contribution in [1.29, 1.82) is 0 Å². The standard InChI is InChI=1S/C8H6INO2/c1-11-5-3-2-4-6-7(5)10-8(9)12-6/h2-4H,1H3. The van der Waals surface area contributed by atoms with Crippen LogP contribution in [0.1, 0.15) is 0 Å². The van der Waals surface area contributed by atoms with Gasteiger partial charge in [-0.25, -0.2) is 4.98 Å². The lowest BCUT2D eigenvalue weighted by molar-refractivity contribution is 0.419. The molecular weight excluding hydrogens is 269 g/mol. The molecule has 0 aliphatic rings. The maximum Gasteiger partial charge on any atom is 0.258 e. The van der Waals surface area contributed by atoms with E-state index < -0.39 is 0 Å². The number of ether oxygens (including phenoxy) is 1. The topological polar surface area (TPSA) is 35.3 Å². The van der Waals surface area contributed by atoms with Gasteiger partial charge in [-0.3, -0.25) is 0 Å². The molecule has 0 bridgehead atoms. The number of fused-ring (bicyclic) bond motifs is 1. The van der Waals surface area contributed by atoms with Crippen molar-refractivity contribution < 1.29 is 9.15 Å². The molecule has 0 spiro atoms. The fourth-order valence-electron chi connectivity index (χ4n) is 1.06. The molecule has 12 heavy (non-hydrogen) atoms. The summed E-state index contributed by atoms with van der Waals surface area (Å²) in [5, 5.41) is 0. The first-order valence-electron chi connectivity index (χ1n) is 3.40. The number of methoxy groups -OCH3 is 1. The molecule has 0 N–H and O–H groups in total. The van der Waals surface area contributed by atoms with E-state index in [4.69, 9.17) is 9.15 Å². The Morgan fingerprint density at radius 2 is 2.33 bits per heavy atom. The van der Waals surface area contributed by atoms with Gasteiger partial charge in [0.1, 0.15) is 5.75 Å². The number of aromatic nitrogens is 1. The Morgan fingerprint density at radius 1 is 1.50 bits per heavy atom. The highest BCUT2D eigenvalue weighted by Crippen LogP contribution is 2.25. The highest BCUT2D eigenvalue weighted by molar-refractivity contribution is 14.1. The first-order valence-corrected chi connectivity index (χ1v) is 4.48. The zero-order valence-electron chi connectivity index (χ0n) is 6.37. The van der Waals surface area contributed by atoms with Crippen LogP contribution in [0.25, 0.3) is 11.1 Å². The van der Waals surface area contributed by atoms with E-state index in [9.17, 15) is 0 Å². The van der Waals surface area contributed by atoms with Gasteiger partial charge < -0.3 is 9.15 Å². The van der Waals surface area contributed by atoms with Crippen molar-refractivity contribution in [3.63, 3.8) is 0 Å². The van der Waals surface area contributed by atoms with Crippen LogP contribution in [0.3, 0.4) is 0 Å². The number of nitrogens with zero attached hydrogens (tertiary/aromatic N) is 1. The Hall–Kier alpha value is -0.780. The summed E-state index contributed by atoms with van der Waals surface area (Å²) in [6.45, 7) is 0. The molecule has 0 aliphatic heterocycles. The van der Waals surface area contributed by atoms with Crippen molar-refractivity contribution in [1.82, 2.24) is 4.98 Å². The highest BCUT2D eigenvalue weighted by atomic mass is 127. The van der Waals surface area contributed by atoms with E-state index in [1.807, 2.05) is 40.8 Å². The van der Waals surface area contributed by atoms with E-state index in [1.54, 1.807) is 7.11 Å². The zero-order chi connectivity index (χ0) is 8.55. The highest BCUT2D eigenvalue weighted by Gasteiger charge is 2.06. The summed E-state index contributed by atoms with van der Waals surface area (Å²) in [5.41, 5.74) is 1.54. The SMILES string of the molecule is COc1cccc2oc(I)nc12. The lowest BCUT2D eigenvalue weighted by atomic mass is 10.3. The minimum absolute atomic E-state index is 0.632. The third-order valence-corrected chi connectivity index (χ3v) is 2.04. The number of oxazole rings is 1. The van der Waals surface area contributed by atoms with Crippen molar-refractivity contribution in [2.75, 3.05) is 7.11 Å². The van der Waals surface area contributed by atoms with Crippen molar-refractivity contribution in [3.05, 3.63) is 22.1 Å². The molecule has 62 valence electrons. The van der Waals surface area contributed by atoms with Gasteiger partial charge in [0.25, 0.3) is 3.90 Å². The number of rotatable bonds is 1. The van der Waals surface area contributed by atoms with E-state index >= 15 is 0 Å². The molecule has 0 amide bonds. The van der Waals surface area contributed by atoms with Crippen molar-refractivity contribution >= 4 is 33.7 Å². The van der Waals surface area contributed by atoms with Crippen LogP contribution >= 0.6 is 22.6 Å². The van der Waals surface area contributed by atoms with Crippen LogP contribution in [0.4, 0.5) is 0 Å². The molecule has 2 rings (SSSR count). The molecule has 4 heteroatoms. The average molecular weight is 275 g/mol. The monoisotopic (exact) mass is 275 g/mol. The fraction of sp³-hybridized carbons (Fsp3) is 0.125. The van der Waals surface area contributed by atoms with E-state index in [-0.39, 0.29) is 0 Å². The second-order valence-electron chi connectivity index (χ2n) is 2.27. The number of para-hydroxylation sites is 1. The van der Waals surface area contributed by atoms with Crippen LogP contribution in [0.2, 0.25) is 0 Å². The average Bonchev–Trinajstić information content (AvgIpc) is 2.44. The van der Waals surface area contributed by atoms with Crippen molar-refractivity contribution in [2.45, 2.75) is 0 Å². The first-order chi connectivity index (χ1) is 5.81. The van der Waals surface area contributed by atoms with Crippen LogP contribution < -0.4 is 4.74 Å². The third-order valence-electron chi connectivity index (χ3n) is 1.58. The summed E-state index contributed by atoms with van der Waals surface area (Å²) in [5.74, 6) is 0.749. The molecule has 1 aromatic carbocycles. The predicted octanol–water partition coefficient (Wildman–Crippen LogP) is 2.44. The van der Waals surface area contributed by atoms with Gasteiger partial charge in [-0.1, -0.05) is 6.07 Å². The maximum atomic E-state index is 5.31. The van der Waals surface area contributed by atoms with Crippen LogP contribution in [0, 0.1) is 3.90 Å². The minimum Gasteiger partial charge on any atom is -0.494 e. The smallest absolute Gasteiger partial charge is 0.258 e. The fourth-order valence-corrected chi connectivity index (χ4v) is 1.54. The molecule has 1 heterocycles. The summed E-state index contributed by atoms with van der Waals surface area (Å²) in [4.78, 5) is 4.18. The summed E-state index contributed by atoms with van der Waals surface area (Å²) in [6.07, 6.45) is 0. The number of benzene rings is 1. The number of hydrogen-bond acceptors (Lipinski definition) is 3. The molecule has 3 nitrogen and oxygen atoms in total. The molecule has 0 saturated carbocycles. The molecule has 2 aromatic rings. The molecule has 0 aliphatic carbocycles. The second-order valence-corrected chi connectivity index (χ2v) is 3.20. The summed E-state index contributed by atoms with van der Waals surface area (Å²) >= 11 is 2.03. The molecular formula is C8H6INO2.